The van der Waals surface area contributed by atoms with Gasteiger partial charge in [-0.2, -0.15) is 0 Å². The maximum atomic E-state index is 10.7. The number of benzene rings is 2. The summed E-state index contributed by atoms with van der Waals surface area (Å²) in [4.78, 5) is 41.8. The molecule has 0 aromatic heterocycles. The molecule has 0 spiro atoms. The van der Waals surface area contributed by atoms with Crippen LogP contribution in [-0.4, -0.2) is 43.8 Å². The van der Waals surface area contributed by atoms with E-state index in [4.69, 9.17) is 10.2 Å². The number of ketones is 2. The SMILES string of the molecule is O=C(O)C(=O)c1ccccc1.O=C(O)C(=O)c1ccccc1.[Be+2]. The number of carbonyl (C=O) groups is 4. The van der Waals surface area contributed by atoms with E-state index in [-0.39, 0.29) is 21.2 Å². The zero-order valence-corrected chi connectivity index (χ0v) is 12.0. The summed E-state index contributed by atoms with van der Waals surface area (Å²) in [6, 6.07) is 15.8. The molecular formula is C16H12BeO6+2. The normalized spacial score (nSPS) is 8.70. The summed E-state index contributed by atoms with van der Waals surface area (Å²) in [7, 11) is 0. The van der Waals surface area contributed by atoms with Crippen LogP contribution >= 0.6 is 0 Å². The van der Waals surface area contributed by atoms with Crippen molar-refractivity contribution in [1.29, 1.82) is 0 Å². The van der Waals surface area contributed by atoms with E-state index in [2.05, 4.69) is 0 Å². The van der Waals surface area contributed by atoms with Gasteiger partial charge in [0.15, 0.2) is 0 Å². The fourth-order valence-electron chi connectivity index (χ4n) is 1.43. The Morgan fingerprint density at radius 2 is 0.826 bits per heavy atom. The summed E-state index contributed by atoms with van der Waals surface area (Å²) in [6.45, 7) is 0. The fraction of sp³-hybridized carbons (Fsp3) is 0. The minimum atomic E-state index is -1.42. The largest absolute Gasteiger partial charge is 2.00 e. The first-order valence-corrected chi connectivity index (χ1v) is 6.09. The second kappa shape index (κ2) is 9.76. The molecular weight excluding hydrogens is 297 g/mol. The van der Waals surface area contributed by atoms with Crippen LogP contribution in [0.2, 0.25) is 0 Å². The van der Waals surface area contributed by atoms with Crippen LogP contribution < -0.4 is 0 Å². The Bertz CT molecular complexity index is 621. The predicted molar refractivity (Wildman–Crippen MR) is 82.6 cm³/mol. The van der Waals surface area contributed by atoms with Crippen molar-refractivity contribution in [2.45, 2.75) is 0 Å². The van der Waals surface area contributed by atoms with E-state index < -0.39 is 23.5 Å². The monoisotopic (exact) mass is 309 g/mol. The standard InChI is InChI=1S/2C8H6O3.Be/c2*9-7(8(10)11)6-4-2-1-3-5-6;/h2*1-5H,(H,10,11);/q;;+2. The quantitative estimate of drug-likeness (QED) is 0.503. The van der Waals surface area contributed by atoms with Gasteiger partial charge in [0.1, 0.15) is 0 Å². The number of carboxylic acid groups (broad SMARTS) is 2. The molecule has 2 aromatic rings. The van der Waals surface area contributed by atoms with Crippen LogP contribution in [0.1, 0.15) is 20.7 Å². The van der Waals surface area contributed by atoms with Gasteiger partial charge in [0.25, 0.3) is 11.6 Å². The Morgan fingerprint density at radius 1 is 0.565 bits per heavy atom. The van der Waals surface area contributed by atoms with Crippen molar-refractivity contribution in [2.24, 2.45) is 0 Å². The summed E-state index contributed by atoms with van der Waals surface area (Å²) < 4.78 is 0. The van der Waals surface area contributed by atoms with Crippen LogP contribution in [0.3, 0.4) is 0 Å². The third-order valence-corrected chi connectivity index (χ3v) is 2.46. The van der Waals surface area contributed by atoms with E-state index in [9.17, 15) is 19.2 Å². The van der Waals surface area contributed by atoms with Crippen molar-refractivity contribution < 1.29 is 29.4 Å². The number of hydrogen-bond acceptors (Lipinski definition) is 4. The molecule has 0 aliphatic heterocycles. The third-order valence-electron chi connectivity index (χ3n) is 2.46. The Morgan fingerprint density at radius 3 is 1.04 bits per heavy atom. The molecule has 23 heavy (non-hydrogen) atoms. The van der Waals surface area contributed by atoms with Crippen LogP contribution in [0.4, 0.5) is 0 Å². The van der Waals surface area contributed by atoms with Gasteiger partial charge in [-0.25, -0.2) is 9.59 Å². The average Bonchev–Trinajstić information content (AvgIpc) is 2.55. The molecule has 2 N–H and O–H groups in total. The van der Waals surface area contributed by atoms with Gasteiger partial charge in [-0.1, -0.05) is 60.7 Å². The van der Waals surface area contributed by atoms with Crippen molar-refractivity contribution in [1.82, 2.24) is 0 Å². The van der Waals surface area contributed by atoms with E-state index in [1.54, 1.807) is 36.4 Å². The van der Waals surface area contributed by atoms with E-state index in [0.717, 1.165) is 0 Å². The molecule has 0 amide bonds. The van der Waals surface area contributed by atoms with Gasteiger partial charge in [0.2, 0.25) is 0 Å². The molecule has 0 heterocycles. The maximum Gasteiger partial charge on any atom is 2.00 e. The number of aliphatic carboxylic acids is 2. The summed E-state index contributed by atoms with van der Waals surface area (Å²) in [6.07, 6.45) is 0. The first-order valence-electron chi connectivity index (χ1n) is 6.09. The summed E-state index contributed by atoms with van der Waals surface area (Å²) in [5.41, 5.74) is 0.417. The number of hydrogen-bond donors (Lipinski definition) is 2. The smallest absolute Gasteiger partial charge is 0.475 e. The molecule has 0 unspecified atom stereocenters. The van der Waals surface area contributed by atoms with Gasteiger partial charge in [0.05, 0.1) is 0 Å². The van der Waals surface area contributed by atoms with E-state index in [1.165, 1.54) is 24.3 Å². The van der Waals surface area contributed by atoms with Crippen LogP contribution in [0.5, 0.6) is 0 Å². The molecule has 0 radical (unpaired) electrons. The predicted octanol–water partition coefficient (Wildman–Crippen LogP) is 1.53. The van der Waals surface area contributed by atoms with Gasteiger partial charge in [-0.3, -0.25) is 9.59 Å². The van der Waals surface area contributed by atoms with E-state index in [1.807, 2.05) is 0 Å². The molecule has 112 valence electrons. The first kappa shape index (κ1) is 19.9. The number of Topliss-reactive ketones (excluding diaryl/α,β-unsaturated/α-hetero) is 2. The molecule has 0 atom stereocenters. The third kappa shape index (κ3) is 6.46. The Balaban J connectivity index is 0.000000403. The molecule has 0 bridgehead atoms. The summed E-state index contributed by atoms with van der Waals surface area (Å²) >= 11 is 0. The van der Waals surface area contributed by atoms with Gasteiger partial charge in [-0.05, 0) is 0 Å². The summed E-state index contributed by atoms with van der Waals surface area (Å²) in [5, 5.41) is 16.6. The Kier molecular flexibility index (Phi) is 8.44. The molecule has 0 saturated carbocycles. The zero-order valence-electron chi connectivity index (χ0n) is 12.0. The Labute approximate surface area is 135 Å². The molecule has 7 heteroatoms. The number of carboxylic acids is 2. The van der Waals surface area contributed by atoms with Gasteiger partial charge >= 0.3 is 22.1 Å². The molecule has 0 fully saturated rings. The molecule has 6 nitrogen and oxygen atoms in total. The zero-order chi connectivity index (χ0) is 16.5. The van der Waals surface area contributed by atoms with Crippen molar-refractivity contribution in [2.75, 3.05) is 0 Å². The number of rotatable bonds is 4. The molecule has 0 aliphatic rings. The van der Waals surface area contributed by atoms with Crippen LogP contribution in [0, 0.1) is 0 Å². The van der Waals surface area contributed by atoms with Gasteiger partial charge in [0, 0.05) is 11.1 Å². The molecule has 2 rings (SSSR count). The molecule has 2 aromatic carbocycles. The average molecular weight is 309 g/mol. The minimum Gasteiger partial charge on any atom is -0.475 e. The van der Waals surface area contributed by atoms with E-state index >= 15 is 0 Å². The van der Waals surface area contributed by atoms with Crippen molar-refractivity contribution in [3.05, 3.63) is 71.8 Å². The summed E-state index contributed by atoms with van der Waals surface area (Å²) in [5.74, 6) is -4.58. The minimum absolute atomic E-state index is 0. The van der Waals surface area contributed by atoms with Gasteiger partial charge in [-0.15, -0.1) is 0 Å². The molecule has 0 aliphatic carbocycles. The van der Waals surface area contributed by atoms with Crippen LogP contribution in [-0.2, 0) is 9.59 Å². The van der Waals surface area contributed by atoms with Gasteiger partial charge < -0.3 is 10.2 Å². The van der Waals surface area contributed by atoms with E-state index in [0.29, 0.717) is 0 Å². The molecule has 0 saturated heterocycles. The van der Waals surface area contributed by atoms with Crippen LogP contribution in [0.25, 0.3) is 0 Å². The fourth-order valence-corrected chi connectivity index (χ4v) is 1.43. The number of carbonyl (C=O) groups excluding carboxylic acids is 2. The van der Waals surface area contributed by atoms with Crippen molar-refractivity contribution >= 4 is 33.6 Å². The van der Waals surface area contributed by atoms with Crippen LogP contribution in [0.15, 0.2) is 60.7 Å². The maximum absolute atomic E-state index is 10.7. The Hall–Kier alpha value is -3.11. The first-order chi connectivity index (χ1) is 10.4. The van der Waals surface area contributed by atoms with Crippen molar-refractivity contribution in [3.8, 4) is 0 Å². The second-order valence-electron chi connectivity index (χ2n) is 4.00. The topological polar surface area (TPSA) is 109 Å². The second-order valence-corrected chi connectivity index (χ2v) is 4.00. The van der Waals surface area contributed by atoms with Crippen molar-refractivity contribution in [3.63, 3.8) is 0 Å².